The molecular weight excluding hydrogens is 284 g/mol. The quantitative estimate of drug-likeness (QED) is 0.720. The van der Waals surface area contributed by atoms with E-state index in [4.69, 9.17) is 4.99 Å². The number of allylic oxidation sites excluding steroid dienone is 3. The minimum Gasteiger partial charge on any atom is -0.374 e. The molecule has 0 aromatic heterocycles. The van der Waals surface area contributed by atoms with Gasteiger partial charge in [-0.1, -0.05) is 25.7 Å². The molecule has 2 rings (SSSR count). The zero-order chi connectivity index (χ0) is 16.8. The zero-order valence-corrected chi connectivity index (χ0v) is 15.0. The fraction of sp³-hybridized carbons (Fsp3) is 0.579. The van der Waals surface area contributed by atoms with E-state index >= 15 is 0 Å². The lowest BCUT2D eigenvalue weighted by molar-refractivity contribution is 0.0633. The van der Waals surface area contributed by atoms with Crippen LogP contribution in [-0.4, -0.2) is 53.9 Å². The standard InChI is InChI=1S/C19H30N4/c1-6-9-17-16(5)20-11-12-21-19(17)22(7-2)13-10-18-15(4)14-23(18)8-3/h6,8-9,12,15,18H,3,7,10-11,13-14H2,1-2,4-5H3/b9-6-/t15-,18-/m0/s1. The fourth-order valence-corrected chi connectivity index (χ4v) is 3.38. The van der Waals surface area contributed by atoms with Gasteiger partial charge in [-0.15, -0.1) is 0 Å². The second kappa shape index (κ2) is 8.14. The maximum absolute atomic E-state index is 4.71. The van der Waals surface area contributed by atoms with Crippen molar-refractivity contribution in [3.8, 4) is 0 Å². The predicted molar refractivity (Wildman–Crippen MR) is 100 cm³/mol. The first kappa shape index (κ1) is 17.5. The Balaban J connectivity index is 2.16. The van der Waals surface area contributed by atoms with E-state index < -0.39 is 0 Å². The van der Waals surface area contributed by atoms with Crippen LogP contribution in [0.3, 0.4) is 0 Å². The summed E-state index contributed by atoms with van der Waals surface area (Å²) in [7, 11) is 0. The van der Waals surface area contributed by atoms with Crippen LogP contribution in [0.25, 0.3) is 0 Å². The van der Waals surface area contributed by atoms with Crippen molar-refractivity contribution in [3.05, 3.63) is 36.3 Å². The van der Waals surface area contributed by atoms with Crippen LogP contribution in [-0.2, 0) is 0 Å². The third kappa shape index (κ3) is 3.92. The molecule has 0 aliphatic carbocycles. The zero-order valence-electron chi connectivity index (χ0n) is 15.0. The van der Waals surface area contributed by atoms with Gasteiger partial charge in [0.2, 0.25) is 0 Å². The van der Waals surface area contributed by atoms with E-state index in [2.05, 4.69) is 54.3 Å². The van der Waals surface area contributed by atoms with E-state index in [0.717, 1.165) is 49.1 Å². The first-order valence-electron chi connectivity index (χ1n) is 8.66. The van der Waals surface area contributed by atoms with Gasteiger partial charge in [0.1, 0.15) is 5.82 Å². The third-order valence-corrected chi connectivity index (χ3v) is 4.78. The average molecular weight is 314 g/mol. The number of hydrogen-bond acceptors (Lipinski definition) is 4. The van der Waals surface area contributed by atoms with E-state index in [1.165, 1.54) is 0 Å². The number of hydrogen-bond donors (Lipinski definition) is 0. The van der Waals surface area contributed by atoms with Crippen molar-refractivity contribution >= 4 is 11.9 Å². The first-order valence-corrected chi connectivity index (χ1v) is 8.66. The Morgan fingerprint density at radius 3 is 2.87 bits per heavy atom. The number of likely N-dealkylation sites (tertiary alicyclic amines) is 1. The first-order chi connectivity index (χ1) is 11.1. The van der Waals surface area contributed by atoms with Crippen LogP contribution in [0.4, 0.5) is 0 Å². The molecule has 0 saturated carbocycles. The Hall–Kier alpha value is -1.84. The van der Waals surface area contributed by atoms with Crippen molar-refractivity contribution in [1.29, 1.82) is 0 Å². The van der Waals surface area contributed by atoms with Crippen LogP contribution in [0.5, 0.6) is 0 Å². The summed E-state index contributed by atoms with van der Waals surface area (Å²) >= 11 is 0. The molecule has 0 aromatic carbocycles. The van der Waals surface area contributed by atoms with Gasteiger partial charge in [-0.2, -0.15) is 0 Å². The average Bonchev–Trinajstić information content (AvgIpc) is 2.72. The van der Waals surface area contributed by atoms with Gasteiger partial charge >= 0.3 is 0 Å². The lowest BCUT2D eigenvalue weighted by atomic mass is 9.88. The van der Waals surface area contributed by atoms with Crippen LogP contribution in [0, 0.1) is 5.92 Å². The number of aliphatic imine (C=N–C) groups is 2. The molecule has 0 spiro atoms. The Morgan fingerprint density at radius 2 is 2.26 bits per heavy atom. The van der Waals surface area contributed by atoms with Crippen LogP contribution >= 0.6 is 0 Å². The Kier molecular flexibility index (Phi) is 6.20. The molecule has 0 N–H and O–H groups in total. The fourth-order valence-electron chi connectivity index (χ4n) is 3.38. The maximum atomic E-state index is 4.71. The van der Waals surface area contributed by atoms with Gasteiger partial charge in [0.25, 0.3) is 0 Å². The summed E-state index contributed by atoms with van der Waals surface area (Å²) in [6.45, 7) is 16.3. The topological polar surface area (TPSA) is 31.2 Å². The molecule has 0 radical (unpaired) electrons. The van der Waals surface area contributed by atoms with Gasteiger partial charge in [0, 0.05) is 43.2 Å². The van der Waals surface area contributed by atoms with Gasteiger partial charge in [-0.25, -0.2) is 4.99 Å². The van der Waals surface area contributed by atoms with Crippen molar-refractivity contribution in [2.24, 2.45) is 15.9 Å². The van der Waals surface area contributed by atoms with Gasteiger partial charge < -0.3 is 9.80 Å². The van der Waals surface area contributed by atoms with Gasteiger partial charge in [-0.05, 0) is 39.3 Å². The second-order valence-electron chi connectivity index (χ2n) is 6.27. The van der Waals surface area contributed by atoms with Crippen LogP contribution in [0.1, 0.15) is 34.1 Å². The van der Waals surface area contributed by atoms with E-state index in [-0.39, 0.29) is 0 Å². The lowest BCUT2D eigenvalue weighted by Crippen LogP contribution is -2.52. The van der Waals surface area contributed by atoms with E-state index in [9.17, 15) is 0 Å². The SMILES string of the molecule is C=CN1C[C@H](C)[C@@H]1CCN(CC)C1=C(/C=C\C)C(C)=NCC=N1. The molecule has 0 aromatic rings. The van der Waals surface area contributed by atoms with E-state index in [1.807, 2.05) is 19.3 Å². The molecule has 4 heteroatoms. The molecule has 2 atom stereocenters. The maximum Gasteiger partial charge on any atom is 0.137 e. The molecule has 2 aliphatic rings. The highest BCUT2D eigenvalue weighted by Gasteiger charge is 2.33. The highest BCUT2D eigenvalue weighted by molar-refractivity contribution is 6.02. The molecule has 2 heterocycles. The molecule has 1 saturated heterocycles. The number of nitrogens with zero attached hydrogens (tertiary/aromatic N) is 4. The molecule has 2 aliphatic heterocycles. The summed E-state index contributed by atoms with van der Waals surface area (Å²) in [5, 5.41) is 0. The van der Waals surface area contributed by atoms with Crippen LogP contribution in [0.15, 0.2) is 46.3 Å². The molecule has 0 bridgehead atoms. The molecule has 23 heavy (non-hydrogen) atoms. The molecule has 4 nitrogen and oxygen atoms in total. The second-order valence-corrected chi connectivity index (χ2v) is 6.27. The monoisotopic (exact) mass is 314 g/mol. The van der Waals surface area contributed by atoms with E-state index in [0.29, 0.717) is 12.6 Å². The largest absolute Gasteiger partial charge is 0.374 e. The summed E-state index contributed by atoms with van der Waals surface area (Å²) in [6.07, 6.45) is 9.23. The summed E-state index contributed by atoms with van der Waals surface area (Å²) in [5.41, 5.74) is 2.21. The van der Waals surface area contributed by atoms with Crippen LogP contribution in [0.2, 0.25) is 0 Å². The predicted octanol–water partition coefficient (Wildman–Crippen LogP) is 3.50. The van der Waals surface area contributed by atoms with Crippen molar-refractivity contribution < 1.29 is 0 Å². The Labute approximate surface area is 141 Å². The third-order valence-electron chi connectivity index (χ3n) is 4.78. The minimum absolute atomic E-state index is 0.608. The summed E-state index contributed by atoms with van der Waals surface area (Å²) < 4.78 is 0. The van der Waals surface area contributed by atoms with Crippen molar-refractivity contribution in [3.63, 3.8) is 0 Å². The molecule has 126 valence electrons. The molecule has 0 unspecified atom stereocenters. The minimum atomic E-state index is 0.608. The smallest absolute Gasteiger partial charge is 0.137 e. The van der Waals surface area contributed by atoms with Gasteiger partial charge in [0.05, 0.1) is 6.54 Å². The highest BCUT2D eigenvalue weighted by Crippen LogP contribution is 2.28. The van der Waals surface area contributed by atoms with Gasteiger partial charge in [0.15, 0.2) is 0 Å². The van der Waals surface area contributed by atoms with Crippen molar-refractivity contribution in [1.82, 2.24) is 9.80 Å². The van der Waals surface area contributed by atoms with E-state index in [1.54, 1.807) is 0 Å². The molecule has 0 amide bonds. The van der Waals surface area contributed by atoms with Crippen molar-refractivity contribution in [2.75, 3.05) is 26.2 Å². The number of rotatable bonds is 7. The summed E-state index contributed by atoms with van der Waals surface area (Å²) in [4.78, 5) is 14.0. The highest BCUT2D eigenvalue weighted by atomic mass is 15.2. The van der Waals surface area contributed by atoms with Gasteiger partial charge in [-0.3, -0.25) is 4.99 Å². The summed E-state index contributed by atoms with van der Waals surface area (Å²) in [5.74, 6) is 1.80. The molecule has 1 fully saturated rings. The Morgan fingerprint density at radius 1 is 1.48 bits per heavy atom. The summed E-state index contributed by atoms with van der Waals surface area (Å²) in [6, 6.07) is 0.608. The van der Waals surface area contributed by atoms with Crippen molar-refractivity contribution in [2.45, 2.75) is 40.2 Å². The normalized spacial score (nSPS) is 24.5. The Bertz CT molecular complexity index is 542. The molecular formula is C19H30N4. The lowest BCUT2D eigenvalue weighted by Gasteiger charge is -2.47. The van der Waals surface area contributed by atoms with Crippen LogP contribution < -0.4 is 0 Å².